The number of ether oxygens (including phenoxy) is 1. The van der Waals surface area contributed by atoms with Gasteiger partial charge < -0.3 is 10.1 Å². The van der Waals surface area contributed by atoms with Gasteiger partial charge in [0.25, 0.3) is 5.91 Å². The van der Waals surface area contributed by atoms with Gasteiger partial charge in [-0.1, -0.05) is 30.9 Å². The number of hydrogen-bond acceptors (Lipinski definition) is 4. The molecule has 0 atom stereocenters. The Kier molecular flexibility index (Phi) is 8.74. The van der Waals surface area contributed by atoms with Gasteiger partial charge in [-0.15, -0.1) is 0 Å². The summed E-state index contributed by atoms with van der Waals surface area (Å²) in [7, 11) is -2.16. The molecule has 0 heterocycles. The standard InChI is InChI=1S/C20H31ClN2O4S/c1-15(2)23(3)28(25,26)17-10-11-19(21)18(14-17)20(24)22-12-7-13-27-16-8-5-4-6-9-16/h10-11,14-16H,4-9,12-13H2,1-3H3,(H,22,24). The molecule has 2 rings (SSSR count). The number of carbonyl (C=O) groups excluding carboxylic acids is 1. The van der Waals surface area contributed by atoms with E-state index in [1.807, 2.05) is 0 Å². The molecule has 0 saturated heterocycles. The molecule has 8 heteroatoms. The van der Waals surface area contributed by atoms with Crippen molar-refractivity contribution in [1.29, 1.82) is 0 Å². The van der Waals surface area contributed by atoms with Crippen LogP contribution < -0.4 is 5.32 Å². The number of hydrogen-bond donors (Lipinski definition) is 1. The molecule has 1 aliphatic rings. The lowest BCUT2D eigenvalue weighted by Crippen LogP contribution is -2.33. The summed E-state index contributed by atoms with van der Waals surface area (Å²) in [6.07, 6.45) is 7.03. The number of halogens is 1. The SMILES string of the molecule is CC(C)N(C)S(=O)(=O)c1ccc(Cl)c(C(=O)NCCCOC2CCCCC2)c1. The minimum Gasteiger partial charge on any atom is -0.378 e. The van der Waals surface area contributed by atoms with Crippen molar-refractivity contribution in [2.24, 2.45) is 0 Å². The minimum absolute atomic E-state index is 0.0545. The van der Waals surface area contributed by atoms with E-state index in [2.05, 4.69) is 5.32 Å². The predicted octanol–water partition coefficient (Wildman–Crippen LogP) is 3.84. The Morgan fingerprint density at radius 1 is 1.29 bits per heavy atom. The molecular formula is C20H31ClN2O4S. The smallest absolute Gasteiger partial charge is 0.252 e. The van der Waals surface area contributed by atoms with Crippen LogP contribution in [0, 0.1) is 0 Å². The second kappa shape index (κ2) is 10.6. The highest BCUT2D eigenvalue weighted by Crippen LogP contribution is 2.23. The van der Waals surface area contributed by atoms with Gasteiger partial charge in [0.1, 0.15) is 0 Å². The van der Waals surface area contributed by atoms with Crippen LogP contribution in [0.15, 0.2) is 23.1 Å². The summed E-state index contributed by atoms with van der Waals surface area (Å²) in [5.41, 5.74) is 0.160. The number of rotatable bonds is 9. The molecule has 1 aromatic carbocycles. The molecule has 0 unspecified atom stereocenters. The Morgan fingerprint density at radius 3 is 2.61 bits per heavy atom. The van der Waals surface area contributed by atoms with E-state index in [1.165, 1.54) is 48.8 Å². The first-order valence-electron chi connectivity index (χ1n) is 9.91. The second-order valence-corrected chi connectivity index (χ2v) is 9.90. The van der Waals surface area contributed by atoms with Gasteiger partial charge in [-0.2, -0.15) is 4.31 Å². The molecule has 1 aliphatic carbocycles. The van der Waals surface area contributed by atoms with Crippen LogP contribution in [0.25, 0.3) is 0 Å². The molecule has 0 spiro atoms. The van der Waals surface area contributed by atoms with Crippen LogP contribution in [-0.4, -0.2) is 51.0 Å². The summed E-state index contributed by atoms with van der Waals surface area (Å²) in [5, 5.41) is 3.02. The minimum atomic E-state index is -3.68. The highest BCUT2D eigenvalue weighted by atomic mass is 35.5. The van der Waals surface area contributed by atoms with E-state index in [-0.39, 0.29) is 27.4 Å². The van der Waals surface area contributed by atoms with E-state index in [4.69, 9.17) is 16.3 Å². The molecule has 0 radical (unpaired) electrons. The molecule has 1 fully saturated rings. The Hall–Kier alpha value is -1.15. The van der Waals surface area contributed by atoms with Crippen LogP contribution in [0.1, 0.15) is 62.7 Å². The zero-order chi connectivity index (χ0) is 20.7. The van der Waals surface area contributed by atoms with Crippen molar-refractivity contribution in [3.63, 3.8) is 0 Å². The predicted molar refractivity (Wildman–Crippen MR) is 111 cm³/mol. The van der Waals surface area contributed by atoms with E-state index in [9.17, 15) is 13.2 Å². The molecule has 1 N–H and O–H groups in total. The zero-order valence-electron chi connectivity index (χ0n) is 16.9. The van der Waals surface area contributed by atoms with Crippen LogP contribution in [0.3, 0.4) is 0 Å². The zero-order valence-corrected chi connectivity index (χ0v) is 18.5. The Bertz CT molecular complexity index is 761. The normalized spacial score (nSPS) is 15.9. The van der Waals surface area contributed by atoms with Crippen molar-refractivity contribution in [3.05, 3.63) is 28.8 Å². The van der Waals surface area contributed by atoms with Crippen LogP contribution in [0.4, 0.5) is 0 Å². The number of nitrogens with zero attached hydrogens (tertiary/aromatic N) is 1. The first-order valence-corrected chi connectivity index (χ1v) is 11.7. The molecule has 6 nitrogen and oxygen atoms in total. The summed E-state index contributed by atoms with van der Waals surface area (Å²) < 4.78 is 32.4. The van der Waals surface area contributed by atoms with Crippen molar-refractivity contribution in [2.45, 2.75) is 69.4 Å². The van der Waals surface area contributed by atoms with Gasteiger partial charge >= 0.3 is 0 Å². The van der Waals surface area contributed by atoms with E-state index in [0.717, 1.165) is 12.8 Å². The van der Waals surface area contributed by atoms with Gasteiger partial charge in [-0.3, -0.25) is 4.79 Å². The second-order valence-electron chi connectivity index (χ2n) is 7.50. The van der Waals surface area contributed by atoms with Gasteiger partial charge in [0.2, 0.25) is 10.0 Å². The first kappa shape index (κ1) is 23.1. The third kappa shape index (κ3) is 6.17. The van der Waals surface area contributed by atoms with Crippen molar-refractivity contribution >= 4 is 27.5 Å². The maximum atomic E-state index is 12.6. The lowest BCUT2D eigenvalue weighted by molar-refractivity contribution is 0.0273. The molecule has 158 valence electrons. The number of carbonyl (C=O) groups is 1. The van der Waals surface area contributed by atoms with Gasteiger partial charge in [-0.05, 0) is 51.3 Å². The van der Waals surface area contributed by atoms with Crippen LogP contribution in [-0.2, 0) is 14.8 Å². The van der Waals surface area contributed by atoms with Crippen LogP contribution in [0.2, 0.25) is 5.02 Å². The van der Waals surface area contributed by atoms with E-state index in [1.54, 1.807) is 13.8 Å². The number of benzene rings is 1. The van der Waals surface area contributed by atoms with Crippen molar-refractivity contribution < 1.29 is 17.9 Å². The third-order valence-corrected chi connectivity index (χ3v) is 7.46. The molecule has 28 heavy (non-hydrogen) atoms. The molecule has 0 bridgehead atoms. The summed E-state index contributed by atoms with van der Waals surface area (Å²) >= 11 is 6.13. The van der Waals surface area contributed by atoms with Gasteiger partial charge in [0, 0.05) is 26.2 Å². The summed E-state index contributed by atoms with van der Waals surface area (Å²) in [4.78, 5) is 12.5. The molecular weight excluding hydrogens is 400 g/mol. The Morgan fingerprint density at radius 2 is 1.96 bits per heavy atom. The molecule has 1 amide bonds. The number of sulfonamides is 1. The largest absolute Gasteiger partial charge is 0.378 e. The first-order chi connectivity index (χ1) is 13.2. The summed E-state index contributed by atoms with van der Waals surface area (Å²) in [6.45, 7) is 4.63. The van der Waals surface area contributed by atoms with Crippen LogP contribution >= 0.6 is 11.6 Å². The van der Waals surface area contributed by atoms with Crippen molar-refractivity contribution in [1.82, 2.24) is 9.62 Å². The van der Waals surface area contributed by atoms with E-state index < -0.39 is 10.0 Å². The topological polar surface area (TPSA) is 75.7 Å². The lowest BCUT2D eigenvalue weighted by atomic mass is 9.98. The maximum absolute atomic E-state index is 12.6. The molecule has 1 aromatic rings. The van der Waals surface area contributed by atoms with Gasteiger partial charge in [-0.25, -0.2) is 8.42 Å². The highest BCUT2D eigenvalue weighted by Gasteiger charge is 2.25. The number of nitrogens with one attached hydrogen (secondary N) is 1. The van der Waals surface area contributed by atoms with E-state index >= 15 is 0 Å². The van der Waals surface area contributed by atoms with Gasteiger partial charge in [0.15, 0.2) is 0 Å². The average molecular weight is 431 g/mol. The fourth-order valence-corrected chi connectivity index (χ4v) is 4.73. The molecule has 1 saturated carbocycles. The number of amides is 1. The monoisotopic (exact) mass is 430 g/mol. The Balaban J connectivity index is 1.92. The molecule has 0 aliphatic heterocycles. The summed E-state index contributed by atoms with van der Waals surface area (Å²) in [6, 6.07) is 4.02. The highest BCUT2D eigenvalue weighted by molar-refractivity contribution is 7.89. The Labute approximate surface area is 173 Å². The average Bonchev–Trinajstić information content (AvgIpc) is 2.67. The quantitative estimate of drug-likeness (QED) is 0.604. The summed E-state index contributed by atoms with van der Waals surface area (Å²) in [5.74, 6) is -0.382. The van der Waals surface area contributed by atoms with Crippen molar-refractivity contribution in [3.8, 4) is 0 Å². The lowest BCUT2D eigenvalue weighted by Gasteiger charge is -2.22. The fourth-order valence-electron chi connectivity index (χ4n) is 3.13. The van der Waals surface area contributed by atoms with E-state index in [0.29, 0.717) is 25.7 Å². The fraction of sp³-hybridized carbons (Fsp3) is 0.650. The van der Waals surface area contributed by atoms with Crippen molar-refractivity contribution in [2.75, 3.05) is 20.2 Å². The van der Waals surface area contributed by atoms with Crippen LogP contribution in [0.5, 0.6) is 0 Å². The molecule has 0 aromatic heterocycles. The maximum Gasteiger partial charge on any atom is 0.252 e. The van der Waals surface area contributed by atoms with Gasteiger partial charge in [0.05, 0.1) is 21.6 Å². The third-order valence-electron chi connectivity index (χ3n) is 5.10.